The second-order valence-corrected chi connectivity index (χ2v) is 7.02. The van der Waals surface area contributed by atoms with Gasteiger partial charge in [0.1, 0.15) is 5.69 Å². The van der Waals surface area contributed by atoms with Crippen LogP contribution in [0.25, 0.3) is 16.6 Å². The second-order valence-electron chi connectivity index (χ2n) is 5.96. The van der Waals surface area contributed by atoms with Gasteiger partial charge in [-0.2, -0.15) is 5.10 Å². The molecule has 1 aromatic heterocycles. The third-order valence-corrected chi connectivity index (χ3v) is 5.54. The molecule has 25 heavy (non-hydrogen) atoms. The lowest BCUT2D eigenvalue weighted by Gasteiger charge is -2.14. The summed E-state index contributed by atoms with van der Waals surface area (Å²) in [5.41, 5.74) is 2.27. The minimum absolute atomic E-state index is 0.0284. The van der Waals surface area contributed by atoms with Gasteiger partial charge < -0.3 is 9.47 Å². The van der Waals surface area contributed by atoms with Gasteiger partial charge in [0, 0.05) is 28.2 Å². The molecule has 0 spiro atoms. The molecule has 2 aliphatic rings. The molecule has 0 radical (unpaired) electrons. The number of nitro benzene ring substituents is 1. The van der Waals surface area contributed by atoms with Crippen molar-refractivity contribution in [2.45, 2.75) is 17.3 Å². The minimum atomic E-state index is -0.529. The Hall–Kier alpha value is -2.42. The molecule has 2 aliphatic heterocycles. The summed E-state index contributed by atoms with van der Waals surface area (Å²) in [6.07, 6.45) is -0.557. The van der Waals surface area contributed by atoms with Crippen LogP contribution >= 0.6 is 11.8 Å². The van der Waals surface area contributed by atoms with Crippen LogP contribution in [-0.4, -0.2) is 33.2 Å². The summed E-state index contributed by atoms with van der Waals surface area (Å²) < 4.78 is 13.4. The normalized spacial score (nSPS) is 21.9. The van der Waals surface area contributed by atoms with E-state index >= 15 is 0 Å². The fourth-order valence-electron chi connectivity index (χ4n) is 3.23. The molecule has 0 N–H and O–H groups in total. The molecule has 2 aromatic carbocycles. The molecular formula is C17H13N3O4S. The zero-order valence-corrected chi connectivity index (χ0v) is 13.8. The number of nitrogens with zero attached hydrogens (tertiary/aromatic N) is 3. The van der Waals surface area contributed by atoms with Crippen LogP contribution in [0.15, 0.2) is 47.4 Å². The second kappa shape index (κ2) is 5.55. The third kappa shape index (κ3) is 2.33. The molecule has 126 valence electrons. The zero-order valence-electron chi connectivity index (χ0n) is 13.0. The lowest BCUT2D eigenvalue weighted by Crippen LogP contribution is -2.14. The van der Waals surface area contributed by atoms with Crippen molar-refractivity contribution >= 4 is 28.4 Å². The molecule has 3 aromatic rings. The average molecular weight is 355 g/mol. The SMILES string of the molecule is O=[N+]([O-])c1cc2c3c(nn(-c4ccccc4)c3c1)[C@@H]1OC[C@@H](CS2)O1. The van der Waals surface area contributed by atoms with Crippen molar-refractivity contribution in [3.8, 4) is 5.69 Å². The average Bonchev–Trinajstić information content (AvgIpc) is 3.24. The molecule has 2 bridgehead atoms. The van der Waals surface area contributed by atoms with Gasteiger partial charge in [-0.25, -0.2) is 4.68 Å². The van der Waals surface area contributed by atoms with Crippen LogP contribution < -0.4 is 0 Å². The number of nitro groups is 1. The van der Waals surface area contributed by atoms with Gasteiger partial charge in [-0.1, -0.05) is 18.2 Å². The maximum Gasteiger partial charge on any atom is 0.272 e. The first-order valence-electron chi connectivity index (χ1n) is 7.87. The number of hydrogen-bond donors (Lipinski definition) is 0. The van der Waals surface area contributed by atoms with E-state index in [4.69, 9.17) is 14.6 Å². The smallest absolute Gasteiger partial charge is 0.272 e. The fourth-order valence-corrected chi connectivity index (χ4v) is 4.33. The quantitative estimate of drug-likeness (QED) is 0.517. The molecule has 3 heterocycles. The Morgan fingerprint density at radius 3 is 2.92 bits per heavy atom. The van der Waals surface area contributed by atoms with E-state index in [9.17, 15) is 10.1 Å². The van der Waals surface area contributed by atoms with Crippen molar-refractivity contribution in [3.63, 3.8) is 0 Å². The lowest BCUT2D eigenvalue weighted by molar-refractivity contribution is -0.384. The first-order chi connectivity index (χ1) is 12.2. The number of benzene rings is 2. The molecule has 0 amide bonds. The monoisotopic (exact) mass is 355 g/mol. The van der Waals surface area contributed by atoms with E-state index in [-0.39, 0.29) is 16.7 Å². The van der Waals surface area contributed by atoms with E-state index in [1.54, 1.807) is 28.6 Å². The number of non-ortho nitro benzene ring substituents is 1. The van der Waals surface area contributed by atoms with Crippen LogP contribution in [0.3, 0.4) is 0 Å². The molecule has 1 saturated heterocycles. The first-order valence-corrected chi connectivity index (χ1v) is 8.85. The highest BCUT2D eigenvalue weighted by molar-refractivity contribution is 7.99. The highest BCUT2D eigenvalue weighted by atomic mass is 32.2. The van der Waals surface area contributed by atoms with E-state index in [0.29, 0.717) is 23.6 Å². The summed E-state index contributed by atoms with van der Waals surface area (Å²) in [4.78, 5) is 11.9. The Morgan fingerprint density at radius 2 is 2.12 bits per heavy atom. The Labute approximate surface area is 146 Å². The minimum Gasteiger partial charge on any atom is -0.344 e. The van der Waals surface area contributed by atoms with E-state index in [2.05, 4.69) is 0 Å². The highest BCUT2D eigenvalue weighted by Crippen LogP contribution is 2.43. The van der Waals surface area contributed by atoms with Crippen molar-refractivity contribution in [2.75, 3.05) is 12.4 Å². The maximum atomic E-state index is 11.4. The summed E-state index contributed by atoms with van der Waals surface area (Å²) in [5.74, 6) is 0.697. The number of para-hydroxylation sites is 1. The number of thioether (sulfide) groups is 1. The summed E-state index contributed by atoms with van der Waals surface area (Å²) in [7, 11) is 0. The number of fused-ring (bicyclic) bond motifs is 3. The first kappa shape index (κ1) is 14.9. The molecule has 8 heteroatoms. The fraction of sp³-hybridized carbons (Fsp3) is 0.235. The predicted octanol–water partition coefficient (Wildman–Crippen LogP) is 3.45. The van der Waals surface area contributed by atoms with Crippen LogP contribution in [-0.2, 0) is 9.47 Å². The number of rotatable bonds is 2. The maximum absolute atomic E-state index is 11.4. The predicted molar refractivity (Wildman–Crippen MR) is 92.0 cm³/mol. The highest BCUT2D eigenvalue weighted by Gasteiger charge is 2.35. The molecule has 0 saturated carbocycles. The Kier molecular flexibility index (Phi) is 3.30. The van der Waals surface area contributed by atoms with Gasteiger partial charge in [0.2, 0.25) is 6.29 Å². The van der Waals surface area contributed by atoms with Gasteiger partial charge in [0.25, 0.3) is 5.69 Å². The van der Waals surface area contributed by atoms with E-state index in [0.717, 1.165) is 16.0 Å². The summed E-state index contributed by atoms with van der Waals surface area (Å²) in [5, 5.41) is 17.0. The zero-order chi connectivity index (χ0) is 17.0. The number of aromatic nitrogens is 2. The topological polar surface area (TPSA) is 79.4 Å². The number of ether oxygens (including phenoxy) is 2. The van der Waals surface area contributed by atoms with Crippen LogP contribution in [0.1, 0.15) is 12.0 Å². The Morgan fingerprint density at radius 1 is 1.28 bits per heavy atom. The van der Waals surface area contributed by atoms with Crippen molar-refractivity contribution < 1.29 is 14.4 Å². The van der Waals surface area contributed by atoms with Gasteiger partial charge in [0.15, 0.2) is 0 Å². The molecular weight excluding hydrogens is 342 g/mol. The van der Waals surface area contributed by atoms with Crippen molar-refractivity contribution in [2.24, 2.45) is 0 Å². The summed E-state index contributed by atoms with van der Waals surface area (Å²) >= 11 is 1.55. The standard InChI is InChI=1S/C17H13N3O4S/c21-20(22)11-6-13-15-14(7-11)25-9-12-8-23-17(24-12)16(15)18-19(13)10-4-2-1-3-5-10/h1-7,12,17H,8-9H2/t12-,17+/m0/s1. The van der Waals surface area contributed by atoms with Crippen molar-refractivity contribution in [1.82, 2.24) is 9.78 Å². The molecule has 5 rings (SSSR count). The van der Waals surface area contributed by atoms with Crippen LogP contribution in [0, 0.1) is 10.1 Å². The van der Waals surface area contributed by atoms with E-state index in [1.165, 1.54) is 0 Å². The van der Waals surface area contributed by atoms with Crippen LogP contribution in [0.2, 0.25) is 0 Å². The Bertz CT molecular complexity index is 988. The van der Waals surface area contributed by atoms with Crippen molar-refractivity contribution in [1.29, 1.82) is 0 Å². The van der Waals surface area contributed by atoms with Crippen LogP contribution in [0.5, 0.6) is 0 Å². The van der Waals surface area contributed by atoms with Crippen LogP contribution in [0.4, 0.5) is 5.69 Å². The van der Waals surface area contributed by atoms with Gasteiger partial charge in [-0.15, -0.1) is 11.8 Å². The van der Waals surface area contributed by atoms with Gasteiger partial charge >= 0.3 is 0 Å². The Balaban J connectivity index is 1.84. The molecule has 0 unspecified atom stereocenters. The summed E-state index contributed by atoms with van der Waals surface area (Å²) in [6, 6.07) is 12.8. The molecule has 1 fully saturated rings. The number of hydrogen-bond acceptors (Lipinski definition) is 6. The largest absolute Gasteiger partial charge is 0.344 e. The van der Waals surface area contributed by atoms with Gasteiger partial charge in [-0.05, 0) is 12.1 Å². The van der Waals surface area contributed by atoms with Gasteiger partial charge in [-0.3, -0.25) is 10.1 Å². The summed E-state index contributed by atoms with van der Waals surface area (Å²) in [6.45, 7) is 0.507. The van der Waals surface area contributed by atoms with Gasteiger partial charge in [0.05, 0.1) is 28.8 Å². The van der Waals surface area contributed by atoms with Crippen molar-refractivity contribution in [3.05, 3.63) is 58.3 Å². The van der Waals surface area contributed by atoms with E-state index in [1.807, 2.05) is 30.3 Å². The lowest BCUT2D eigenvalue weighted by atomic mass is 10.1. The molecule has 0 aliphatic carbocycles. The third-order valence-electron chi connectivity index (χ3n) is 4.37. The molecule has 2 atom stereocenters. The van der Waals surface area contributed by atoms with E-state index < -0.39 is 6.29 Å². The molecule has 7 nitrogen and oxygen atoms in total.